The average Bonchev–Trinajstić information content (AvgIpc) is 0.835. The number of sulfonamides is 2. The molecule has 0 saturated carbocycles. The standard InChI is InChI=1S/C15H16ClNO3S.C15H15ClO3S.C15H15ClO2S.C15H15ClOS.C14H14ClNO3S/c1-20-10-12-9-14(17-21(2,18)19)7-8-15(12)11-3-5-13(16)6-4-11;1-19-10-12-9-14(20(2,17)18)7-8-15(12)11-3-5-13(16)6-4-11;1-18-10-12-9-14(19(2)17)7-8-15(12)11-3-5-13(16)6-4-11;1-17-10-12-9-14(18-2)7-8-15(12)11-3-5-13(16)6-4-11;1-19-9-11-8-13(20(16,17)18)6-7-14(11)10-2-4-12(15)5-3-10/h3-9,17H,10H2,1-2H3;3-9H,10H2,1-2H3;3-9H,10H2,1-2H3;3-9H,10H2,1-2H3;2-8H,9H2,1H3,(H2,16,17,18). The Kier molecular flexibility index (Phi) is 32.0. The molecule has 3 N–H and O–H groups in total. The quantitative estimate of drug-likeness (QED) is 0.0644. The van der Waals surface area contributed by atoms with Crippen molar-refractivity contribution in [3.63, 3.8) is 0 Å². The third-order valence-electron chi connectivity index (χ3n) is 14.3. The van der Waals surface area contributed by atoms with Crippen LogP contribution in [-0.2, 0) is 97.4 Å². The fourth-order valence-corrected chi connectivity index (χ4v) is 13.2. The molecule has 10 rings (SSSR count). The van der Waals surface area contributed by atoms with Gasteiger partial charge in [0, 0.05) is 99.5 Å². The molecule has 0 aromatic heterocycles. The number of anilines is 1. The zero-order chi connectivity index (χ0) is 71.7. The summed E-state index contributed by atoms with van der Waals surface area (Å²) in [6, 6.07) is 65.2. The molecule has 10 aromatic rings. The van der Waals surface area contributed by atoms with E-state index in [4.69, 9.17) is 86.8 Å². The lowest BCUT2D eigenvalue weighted by Gasteiger charge is -2.12. The van der Waals surface area contributed by atoms with Gasteiger partial charge in [-0.2, -0.15) is 0 Å². The molecular formula is C74H75Cl5N2O12S5. The van der Waals surface area contributed by atoms with Crippen molar-refractivity contribution in [1.29, 1.82) is 0 Å². The van der Waals surface area contributed by atoms with Crippen LogP contribution >= 0.6 is 69.8 Å². The minimum absolute atomic E-state index is 0.0715. The molecule has 98 heavy (non-hydrogen) atoms. The Morgan fingerprint density at radius 1 is 0.388 bits per heavy atom. The van der Waals surface area contributed by atoms with E-state index in [2.05, 4.69) is 29.2 Å². The van der Waals surface area contributed by atoms with Crippen molar-refractivity contribution in [3.8, 4) is 55.6 Å². The maximum atomic E-state index is 11.6. The van der Waals surface area contributed by atoms with Gasteiger partial charge in [0.1, 0.15) is 0 Å². The first-order valence-corrected chi connectivity index (χ1v) is 39.6. The molecule has 0 spiro atoms. The van der Waals surface area contributed by atoms with Gasteiger partial charge in [-0.25, -0.2) is 30.4 Å². The van der Waals surface area contributed by atoms with E-state index in [0.29, 0.717) is 63.7 Å². The average molecular weight is 1520 g/mol. The molecule has 0 bridgehead atoms. The van der Waals surface area contributed by atoms with Crippen LogP contribution in [0, 0.1) is 0 Å². The molecule has 0 fully saturated rings. The van der Waals surface area contributed by atoms with Gasteiger partial charge < -0.3 is 23.7 Å². The second kappa shape index (κ2) is 39.0. The van der Waals surface area contributed by atoms with Crippen LogP contribution < -0.4 is 9.86 Å². The summed E-state index contributed by atoms with van der Waals surface area (Å²) in [6.07, 6.45) is 6.07. The summed E-state index contributed by atoms with van der Waals surface area (Å²) in [7, 11) is -3.13. The molecule has 1 atom stereocenters. The zero-order valence-corrected chi connectivity index (χ0v) is 63.0. The van der Waals surface area contributed by atoms with Crippen LogP contribution in [0.5, 0.6) is 0 Å². The van der Waals surface area contributed by atoms with Crippen molar-refractivity contribution in [2.45, 2.75) is 52.6 Å². The number of hydrogen-bond acceptors (Lipinski definition) is 13. The molecule has 0 saturated heterocycles. The number of thioether (sulfide) groups is 1. The molecule has 24 heteroatoms. The van der Waals surface area contributed by atoms with Gasteiger partial charge in [0.2, 0.25) is 20.0 Å². The van der Waals surface area contributed by atoms with E-state index in [1.54, 1.807) is 114 Å². The van der Waals surface area contributed by atoms with E-state index in [-0.39, 0.29) is 4.90 Å². The third kappa shape index (κ3) is 25.3. The topological polar surface area (TPSA) is 204 Å². The summed E-state index contributed by atoms with van der Waals surface area (Å²) < 4.78 is 109. The maximum absolute atomic E-state index is 11.6. The summed E-state index contributed by atoms with van der Waals surface area (Å²) in [6.45, 7) is 2.13. The normalized spacial score (nSPS) is 11.5. The van der Waals surface area contributed by atoms with Crippen molar-refractivity contribution in [2.24, 2.45) is 5.14 Å². The Labute approximate surface area is 608 Å². The molecule has 0 aliphatic heterocycles. The summed E-state index contributed by atoms with van der Waals surface area (Å²) in [5.41, 5.74) is 15.4. The number of primary sulfonamides is 1. The Hall–Kier alpha value is -6.44. The SMILES string of the molecule is COCc1cc(NS(C)(=O)=O)ccc1-c1ccc(Cl)cc1.COCc1cc(S(C)(=O)=O)ccc1-c1ccc(Cl)cc1.COCc1cc(S(C)=O)ccc1-c1ccc(Cl)cc1.COCc1cc(S(N)(=O)=O)ccc1-c1ccc(Cl)cc1.COCc1cc(SC)ccc1-c1ccc(Cl)cc1. The first-order chi connectivity index (χ1) is 46.6. The molecule has 0 aliphatic rings. The van der Waals surface area contributed by atoms with Crippen molar-refractivity contribution >= 4 is 116 Å². The lowest BCUT2D eigenvalue weighted by atomic mass is 9.99. The van der Waals surface area contributed by atoms with Gasteiger partial charge >= 0.3 is 0 Å². The van der Waals surface area contributed by atoms with Crippen LogP contribution in [-0.4, -0.2) is 90.0 Å². The van der Waals surface area contributed by atoms with E-state index in [9.17, 15) is 29.5 Å². The highest BCUT2D eigenvalue weighted by Crippen LogP contribution is 2.34. The highest BCUT2D eigenvalue weighted by molar-refractivity contribution is 7.98. The van der Waals surface area contributed by atoms with Crippen LogP contribution in [0.3, 0.4) is 0 Å². The molecular weight excluding hydrogens is 1450 g/mol. The van der Waals surface area contributed by atoms with E-state index >= 15 is 0 Å². The first-order valence-electron chi connectivity index (χ1n) is 29.6. The minimum atomic E-state index is -3.73. The summed E-state index contributed by atoms with van der Waals surface area (Å²) in [5.74, 6) is 0. The molecule has 14 nitrogen and oxygen atoms in total. The number of nitrogens with two attached hydrogens (primary N) is 1. The van der Waals surface area contributed by atoms with Gasteiger partial charge in [-0.1, -0.05) is 149 Å². The monoisotopic (exact) mass is 1520 g/mol. The van der Waals surface area contributed by atoms with Crippen molar-refractivity contribution in [1.82, 2.24) is 0 Å². The van der Waals surface area contributed by atoms with Gasteiger partial charge in [0.15, 0.2) is 9.84 Å². The van der Waals surface area contributed by atoms with Crippen LogP contribution in [0.25, 0.3) is 55.6 Å². The zero-order valence-electron chi connectivity index (χ0n) is 55.2. The number of nitrogens with one attached hydrogen (secondary N) is 1. The highest BCUT2D eigenvalue weighted by Gasteiger charge is 2.16. The first kappa shape index (κ1) is 80.5. The molecule has 0 amide bonds. The van der Waals surface area contributed by atoms with Gasteiger partial charge in [0.25, 0.3) is 0 Å². The predicted octanol–water partition coefficient (Wildman–Crippen LogP) is 18.6. The number of rotatable bonds is 21. The van der Waals surface area contributed by atoms with E-state index in [1.165, 1.54) is 40.0 Å². The Morgan fingerprint density at radius 3 is 0.980 bits per heavy atom. The lowest BCUT2D eigenvalue weighted by molar-refractivity contribution is 0.185. The van der Waals surface area contributed by atoms with Crippen molar-refractivity contribution in [2.75, 3.05) is 65.3 Å². The fourth-order valence-electron chi connectivity index (χ4n) is 9.79. The molecule has 0 radical (unpaired) electrons. The van der Waals surface area contributed by atoms with E-state index in [0.717, 1.165) is 82.9 Å². The molecule has 1 unspecified atom stereocenters. The Bertz CT molecular complexity index is 4510. The minimum Gasteiger partial charge on any atom is -0.380 e. The fraction of sp³-hybridized carbons (Fsp3) is 0.189. The van der Waals surface area contributed by atoms with Gasteiger partial charge in [-0.3, -0.25) is 8.93 Å². The van der Waals surface area contributed by atoms with Crippen LogP contribution in [0.4, 0.5) is 5.69 Å². The second-order valence-corrected chi connectivity index (χ2v) is 31.5. The maximum Gasteiger partial charge on any atom is 0.238 e. The molecule has 518 valence electrons. The predicted molar refractivity (Wildman–Crippen MR) is 405 cm³/mol. The van der Waals surface area contributed by atoms with Crippen LogP contribution in [0.2, 0.25) is 25.1 Å². The van der Waals surface area contributed by atoms with Crippen LogP contribution in [0.15, 0.2) is 232 Å². The summed E-state index contributed by atoms with van der Waals surface area (Å²) in [4.78, 5) is 2.43. The number of sulfone groups is 1. The molecule has 0 aliphatic carbocycles. The van der Waals surface area contributed by atoms with Crippen molar-refractivity contribution < 1.29 is 53.1 Å². The van der Waals surface area contributed by atoms with Gasteiger partial charge in [0.05, 0.1) is 49.1 Å². The second-order valence-electron chi connectivity index (χ2n) is 21.7. The molecule has 10 aromatic carbocycles. The largest absolute Gasteiger partial charge is 0.380 e. The summed E-state index contributed by atoms with van der Waals surface area (Å²) >= 11 is 31.2. The van der Waals surface area contributed by atoms with Crippen LogP contribution in [0.1, 0.15) is 27.8 Å². The van der Waals surface area contributed by atoms with E-state index in [1.807, 2.05) is 121 Å². The third-order valence-corrected chi connectivity index (χ3v) is 19.8. The number of halogens is 5. The number of benzene rings is 10. The van der Waals surface area contributed by atoms with E-state index < -0.39 is 40.7 Å². The Balaban J connectivity index is 0.000000193. The summed E-state index contributed by atoms with van der Waals surface area (Å²) in [5, 5.41) is 8.59. The number of hydrogen-bond donors (Lipinski definition) is 2. The lowest BCUT2D eigenvalue weighted by Crippen LogP contribution is -2.12. The molecule has 0 heterocycles. The smallest absolute Gasteiger partial charge is 0.238 e. The van der Waals surface area contributed by atoms with Crippen molar-refractivity contribution in [3.05, 3.63) is 265 Å². The number of ether oxygens (including phenoxy) is 5. The van der Waals surface area contributed by atoms with Gasteiger partial charge in [-0.05, 0) is 211 Å². The number of methoxy groups -OCH3 is 5. The van der Waals surface area contributed by atoms with Gasteiger partial charge in [-0.15, -0.1) is 11.8 Å². The highest BCUT2D eigenvalue weighted by atomic mass is 35.5. The Morgan fingerprint density at radius 2 is 0.673 bits per heavy atom.